The van der Waals surface area contributed by atoms with Crippen molar-refractivity contribution in [3.05, 3.63) is 59.7 Å². The Kier molecular flexibility index (Phi) is 3.74. The van der Waals surface area contributed by atoms with Gasteiger partial charge in [0.05, 0.1) is 0 Å². The summed E-state index contributed by atoms with van der Waals surface area (Å²) in [5.41, 5.74) is 5.08. The van der Waals surface area contributed by atoms with Crippen molar-refractivity contribution in [1.82, 2.24) is 4.90 Å². The minimum atomic E-state index is -0.138. The van der Waals surface area contributed by atoms with E-state index in [1.807, 2.05) is 16.7 Å². The van der Waals surface area contributed by atoms with Crippen LogP contribution in [0.15, 0.2) is 48.5 Å². The molecule has 128 valence electrons. The highest BCUT2D eigenvalue weighted by Crippen LogP contribution is 2.44. The zero-order valence-corrected chi connectivity index (χ0v) is 14.9. The van der Waals surface area contributed by atoms with Gasteiger partial charge in [-0.1, -0.05) is 48.5 Å². The monoisotopic (exact) mass is 351 g/mol. The van der Waals surface area contributed by atoms with E-state index in [1.54, 1.807) is 0 Å². The van der Waals surface area contributed by atoms with Crippen LogP contribution < -0.4 is 0 Å². The first-order valence-electron chi connectivity index (χ1n) is 8.99. The van der Waals surface area contributed by atoms with Crippen LogP contribution in [0.4, 0.5) is 4.79 Å². The number of hydrogen-bond donors (Lipinski definition) is 0. The molecular weight excluding hydrogens is 330 g/mol. The zero-order chi connectivity index (χ0) is 16.8. The summed E-state index contributed by atoms with van der Waals surface area (Å²) >= 11 is 2.02. The quantitative estimate of drug-likeness (QED) is 0.811. The van der Waals surface area contributed by atoms with Gasteiger partial charge in [-0.15, -0.1) is 0 Å². The highest BCUT2D eigenvalue weighted by atomic mass is 32.2. The third-order valence-corrected chi connectivity index (χ3v) is 7.16. The van der Waals surface area contributed by atoms with E-state index in [9.17, 15) is 4.79 Å². The fourth-order valence-corrected chi connectivity index (χ4v) is 6.02. The molecule has 0 radical (unpaired) electrons. The molecule has 25 heavy (non-hydrogen) atoms. The Balaban J connectivity index is 1.32. The molecule has 0 aromatic heterocycles. The second-order valence-electron chi connectivity index (χ2n) is 7.27. The third kappa shape index (κ3) is 2.54. The Morgan fingerprint density at radius 2 is 1.52 bits per heavy atom. The molecule has 2 aromatic rings. The molecule has 3 nitrogen and oxygen atoms in total. The van der Waals surface area contributed by atoms with Gasteiger partial charge in [0.15, 0.2) is 0 Å². The predicted octanol–water partition coefficient (Wildman–Crippen LogP) is 4.23. The van der Waals surface area contributed by atoms with E-state index >= 15 is 0 Å². The van der Waals surface area contributed by atoms with Gasteiger partial charge in [-0.3, -0.25) is 0 Å². The van der Waals surface area contributed by atoms with E-state index in [2.05, 4.69) is 48.5 Å². The van der Waals surface area contributed by atoms with Gasteiger partial charge in [0.25, 0.3) is 0 Å². The average Bonchev–Trinajstić information content (AvgIpc) is 3.32. The third-order valence-electron chi connectivity index (χ3n) is 5.83. The molecule has 2 aromatic carbocycles. The van der Waals surface area contributed by atoms with E-state index in [4.69, 9.17) is 4.74 Å². The molecule has 2 atom stereocenters. The van der Waals surface area contributed by atoms with Gasteiger partial charge >= 0.3 is 6.09 Å². The highest BCUT2D eigenvalue weighted by molar-refractivity contribution is 7.99. The van der Waals surface area contributed by atoms with E-state index in [0.29, 0.717) is 18.4 Å². The molecule has 0 saturated carbocycles. The number of benzene rings is 2. The molecule has 2 saturated heterocycles. The van der Waals surface area contributed by atoms with Crippen molar-refractivity contribution < 1.29 is 9.53 Å². The summed E-state index contributed by atoms with van der Waals surface area (Å²) in [6.45, 7) is 2.16. The number of ether oxygens (including phenoxy) is 1. The summed E-state index contributed by atoms with van der Waals surface area (Å²) in [4.78, 5) is 14.5. The largest absolute Gasteiger partial charge is 0.448 e. The lowest BCUT2D eigenvalue weighted by atomic mass is 9.98. The van der Waals surface area contributed by atoms with E-state index in [1.165, 1.54) is 33.8 Å². The number of carbonyl (C=O) groups is 1. The summed E-state index contributed by atoms with van der Waals surface area (Å²) in [6, 6.07) is 16.9. The van der Waals surface area contributed by atoms with Crippen molar-refractivity contribution in [2.24, 2.45) is 11.8 Å². The number of rotatable bonds is 2. The van der Waals surface area contributed by atoms with Crippen LogP contribution in [0, 0.1) is 11.8 Å². The molecule has 1 amide bonds. The maximum Gasteiger partial charge on any atom is 0.409 e. The van der Waals surface area contributed by atoms with Crippen LogP contribution >= 0.6 is 11.8 Å². The standard InChI is InChI=1S/C21H21NO2S/c23-21(22-9-14-12-25-13-15(14)10-22)24-11-20-18-7-3-1-5-16(18)17-6-2-4-8-19(17)20/h1-8,14-15,20H,9-13H2/t14-,15+. The number of hydrogen-bond acceptors (Lipinski definition) is 3. The molecule has 4 heteroatoms. The van der Waals surface area contributed by atoms with Crippen molar-refractivity contribution in [2.45, 2.75) is 5.92 Å². The second kappa shape index (κ2) is 6.10. The lowest BCUT2D eigenvalue weighted by Gasteiger charge is -2.20. The highest BCUT2D eigenvalue weighted by Gasteiger charge is 2.39. The first kappa shape index (κ1) is 15.3. The zero-order valence-electron chi connectivity index (χ0n) is 14.1. The molecule has 2 heterocycles. The SMILES string of the molecule is O=C(OCC1c2ccccc2-c2ccccc21)N1C[C@H]2CSC[C@H]2C1. The molecule has 1 aliphatic carbocycles. The van der Waals surface area contributed by atoms with Crippen LogP contribution in [0.2, 0.25) is 0 Å². The lowest BCUT2D eigenvalue weighted by Crippen LogP contribution is -2.31. The van der Waals surface area contributed by atoms with Crippen molar-refractivity contribution in [2.75, 3.05) is 31.2 Å². The van der Waals surface area contributed by atoms with Crippen molar-refractivity contribution in [3.8, 4) is 11.1 Å². The molecule has 5 rings (SSSR count). The van der Waals surface area contributed by atoms with Gasteiger partial charge in [0.1, 0.15) is 6.61 Å². The van der Waals surface area contributed by atoms with E-state index < -0.39 is 0 Å². The van der Waals surface area contributed by atoms with Gasteiger partial charge in [-0.2, -0.15) is 11.8 Å². The average molecular weight is 351 g/mol. The molecule has 0 bridgehead atoms. The molecule has 2 fully saturated rings. The van der Waals surface area contributed by atoms with E-state index in [0.717, 1.165) is 13.1 Å². The topological polar surface area (TPSA) is 29.5 Å². The Morgan fingerprint density at radius 1 is 0.960 bits per heavy atom. The number of nitrogens with zero attached hydrogens (tertiary/aromatic N) is 1. The maximum absolute atomic E-state index is 12.6. The minimum absolute atomic E-state index is 0.138. The van der Waals surface area contributed by atoms with Crippen LogP contribution in [0.3, 0.4) is 0 Å². The number of carbonyl (C=O) groups excluding carboxylic acids is 1. The summed E-state index contributed by atoms with van der Waals surface area (Å²) in [5.74, 6) is 3.88. The summed E-state index contributed by atoms with van der Waals surface area (Å²) in [7, 11) is 0. The predicted molar refractivity (Wildman–Crippen MR) is 101 cm³/mol. The summed E-state index contributed by atoms with van der Waals surface area (Å²) < 4.78 is 5.77. The normalized spacial score (nSPS) is 24.1. The number of likely N-dealkylation sites (tertiary alicyclic amines) is 1. The van der Waals surface area contributed by atoms with Crippen molar-refractivity contribution in [3.63, 3.8) is 0 Å². The first-order valence-corrected chi connectivity index (χ1v) is 10.1. The fourth-order valence-electron chi connectivity index (χ4n) is 4.52. The Bertz CT molecular complexity index is 764. The molecule has 0 spiro atoms. The van der Waals surface area contributed by atoms with Crippen LogP contribution in [0.1, 0.15) is 17.0 Å². The molecule has 0 unspecified atom stereocenters. The smallest absolute Gasteiger partial charge is 0.409 e. The molecule has 0 N–H and O–H groups in total. The minimum Gasteiger partial charge on any atom is -0.448 e. The van der Waals surface area contributed by atoms with Crippen molar-refractivity contribution >= 4 is 17.9 Å². The first-order chi connectivity index (χ1) is 12.3. The fraction of sp³-hybridized carbons (Fsp3) is 0.381. The van der Waals surface area contributed by atoms with Gasteiger partial charge in [0.2, 0.25) is 0 Å². The van der Waals surface area contributed by atoms with Crippen LogP contribution in [0.25, 0.3) is 11.1 Å². The Morgan fingerprint density at radius 3 is 2.12 bits per heavy atom. The summed E-state index contributed by atoms with van der Waals surface area (Å²) in [6.07, 6.45) is -0.138. The lowest BCUT2D eigenvalue weighted by molar-refractivity contribution is 0.106. The number of thioether (sulfide) groups is 1. The molecule has 3 aliphatic rings. The van der Waals surface area contributed by atoms with Crippen LogP contribution in [-0.4, -0.2) is 42.2 Å². The van der Waals surface area contributed by atoms with Crippen molar-refractivity contribution in [1.29, 1.82) is 0 Å². The van der Waals surface area contributed by atoms with Gasteiger partial charge in [0, 0.05) is 19.0 Å². The number of amides is 1. The second-order valence-corrected chi connectivity index (χ2v) is 8.34. The Labute approximate surface area is 152 Å². The maximum atomic E-state index is 12.6. The molecule has 2 aliphatic heterocycles. The van der Waals surface area contributed by atoms with Crippen LogP contribution in [-0.2, 0) is 4.74 Å². The van der Waals surface area contributed by atoms with Crippen LogP contribution in [0.5, 0.6) is 0 Å². The van der Waals surface area contributed by atoms with Gasteiger partial charge < -0.3 is 9.64 Å². The van der Waals surface area contributed by atoms with E-state index in [-0.39, 0.29) is 12.0 Å². The molecular formula is C21H21NO2S. The number of fused-ring (bicyclic) bond motifs is 4. The van der Waals surface area contributed by atoms with Gasteiger partial charge in [-0.05, 0) is 45.6 Å². The summed E-state index contributed by atoms with van der Waals surface area (Å²) in [5, 5.41) is 0. The van der Waals surface area contributed by atoms with Gasteiger partial charge in [-0.25, -0.2) is 4.79 Å². The Hall–Kier alpha value is -1.94.